The predicted molar refractivity (Wildman–Crippen MR) is 74.8 cm³/mol. The fourth-order valence-corrected chi connectivity index (χ4v) is 2.12. The lowest BCUT2D eigenvalue weighted by Crippen LogP contribution is -2.12. The number of H-pyrrole nitrogens is 1. The van der Waals surface area contributed by atoms with Gasteiger partial charge in [-0.25, -0.2) is 4.52 Å². The molecule has 102 valence electrons. The van der Waals surface area contributed by atoms with Crippen molar-refractivity contribution in [2.45, 2.75) is 0 Å². The Balaban J connectivity index is 1.68. The first-order chi connectivity index (χ1) is 10.3. The molecule has 1 amide bonds. The number of aromatic nitrogens is 6. The Morgan fingerprint density at radius 1 is 1.24 bits per heavy atom. The molecule has 1 aromatic carbocycles. The minimum atomic E-state index is -0.266. The molecule has 0 unspecified atom stereocenters. The second kappa shape index (κ2) is 4.37. The Morgan fingerprint density at radius 2 is 2.14 bits per heavy atom. The zero-order valence-corrected chi connectivity index (χ0v) is 10.7. The molecule has 0 saturated heterocycles. The summed E-state index contributed by atoms with van der Waals surface area (Å²) in [5.74, 6) is 0.229. The van der Waals surface area contributed by atoms with Gasteiger partial charge in [0.05, 0.1) is 5.52 Å². The number of amides is 1. The molecule has 0 bridgehead atoms. The van der Waals surface area contributed by atoms with Crippen LogP contribution >= 0.6 is 0 Å². The van der Waals surface area contributed by atoms with Crippen LogP contribution in [0.15, 0.2) is 42.6 Å². The molecule has 0 saturated carbocycles. The van der Waals surface area contributed by atoms with E-state index in [1.54, 1.807) is 18.3 Å². The first kappa shape index (κ1) is 11.5. The van der Waals surface area contributed by atoms with E-state index in [0.717, 1.165) is 10.9 Å². The second-order valence-corrected chi connectivity index (χ2v) is 4.47. The van der Waals surface area contributed by atoms with Crippen LogP contribution in [0.5, 0.6) is 0 Å². The Kier molecular flexibility index (Phi) is 2.40. The van der Waals surface area contributed by atoms with Crippen molar-refractivity contribution in [3.63, 3.8) is 0 Å². The molecular weight excluding hydrogens is 270 g/mol. The Bertz CT molecular complexity index is 955. The highest BCUT2D eigenvalue weighted by Gasteiger charge is 2.12. The van der Waals surface area contributed by atoms with E-state index in [1.165, 1.54) is 4.52 Å². The van der Waals surface area contributed by atoms with Gasteiger partial charge in [-0.3, -0.25) is 9.89 Å². The van der Waals surface area contributed by atoms with Gasteiger partial charge in [-0.1, -0.05) is 12.1 Å². The van der Waals surface area contributed by atoms with E-state index in [0.29, 0.717) is 17.0 Å². The van der Waals surface area contributed by atoms with Crippen molar-refractivity contribution < 1.29 is 4.79 Å². The third-order valence-electron chi connectivity index (χ3n) is 3.16. The summed E-state index contributed by atoms with van der Waals surface area (Å²) in [4.78, 5) is 12.3. The van der Waals surface area contributed by atoms with Crippen LogP contribution in [0.3, 0.4) is 0 Å². The van der Waals surface area contributed by atoms with Gasteiger partial charge in [0.1, 0.15) is 0 Å². The molecule has 2 N–H and O–H groups in total. The lowest BCUT2D eigenvalue weighted by atomic mass is 10.2. The van der Waals surface area contributed by atoms with Crippen LogP contribution in [0, 0.1) is 0 Å². The zero-order chi connectivity index (χ0) is 14.2. The van der Waals surface area contributed by atoms with Gasteiger partial charge in [0.25, 0.3) is 5.91 Å². The van der Waals surface area contributed by atoms with Crippen molar-refractivity contribution in [2.75, 3.05) is 5.32 Å². The summed E-state index contributed by atoms with van der Waals surface area (Å²) in [6.07, 6.45) is 1.63. The van der Waals surface area contributed by atoms with Crippen molar-refractivity contribution in [1.29, 1.82) is 0 Å². The van der Waals surface area contributed by atoms with Crippen molar-refractivity contribution in [3.8, 4) is 0 Å². The molecule has 0 spiro atoms. The summed E-state index contributed by atoms with van der Waals surface area (Å²) in [5, 5.41) is 21.7. The number of benzene rings is 1. The minimum absolute atomic E-state index is 0.266. The van der Waals surface area contributed by atoms with Crippen LogP contribution in [-0.2, 0) is 0 Å². The Labute approximate surface area is 117 Å². The molecule has 4 aromatic rings. The van der Waals surface area contributed by atoms with Gasteiger partial charge in [0.15, 0.2) is 11.5 Å². The Hall–Kier alpha value is -3.29. The summed E-state index contributed by atoms with van der Waals surface area (Å²) in [7, 11) is 0. The molecule has 8 nitrogen and oxygen atoms in total. The van der Waals surface area contributed by atoms with Gasteiger partial charge >= 0.3 is 0 Å². The number of anilines is 1. The SMILES string of the molecule is O=C(Nc1n[nH]c2ccccc12)c1ccn2nnnc2c1. The highest BCUT2D eigenvalue weighted by atomic mass is 16.1. The largest absolute Gasteiger partial charge is 0.305 e. The molecule has 0 aliphatic heterocycles. The predicted octanol–water partition coefficient (Wildman–Crippen LogP) is 1.25. The molecule has 8 heteroatoms. The standard InChI is InChI=1S/C13H9N7O/c21-13(8-5-6-20-11(7-8)16-18-19-20)14-12-9-3-1-2-4-10(9)15-17-12/h1-7H,(H2,14,15,17,21). The van der Waals surface area contributed by atoms with E-state index < -0.39 is 0 Å². The maximum absolute atomic E-state index is 12.3. The van der Waals surface area contributed by atoms with Gasteiger partial charge in [-0.05, 0) is 34.7 Å². The number of hydrogen-bond acceptors (Lipinski definition) is 5. The number of fused-ring (bicyclic) bond motifs is 2. The summed E-state index contributed by atoms with van der Waals surface area (Å²) >= 11 is 0. The molecule has 3 aromatic heterocycles. The van der Waals surface area contributed by atoms with Crippen LogP contribution in [-0.4, -0.2) is 36.1 Å². The maximum Gasteiger partial charge on any atom is 0.257 e. The molecule has 0 fully saturated rings. The lowest BCUT2D eigenvalue weighted by Gasteiger charge is -2.02. The Morgan fingerprint density at radius 3 is 3.10 bits per heavy atom. The maximum atomic E-state index is 12.3. The average Bonchev–Trinajstić information content (AvgIpc) is 3.13. The highest BCUT2D eigenvalue weighted by Crippen LogP contribution is 2.20. The van der Waals surface area contributed by atoms with Gasteiger partial charge in [-0.15, -0.1) is 5.10 Å². The number of carbonyl (C=O) groups is 1. The topological polar surface area (TPSA) is 101 Å². The zero-order valence-electron chi connectivity index (χ0n) is 10.7. The van der Waals surface area contributed by atoms with E-state index in [-0.39, 0.29) is 5.91 Å². The van der Waals surface area contributed by atoms with E-state index in [4.69, 9.17) is 0 Å². The molecular formula is C13H9N7O. The van der Waals surface area contributed by atoms with E-state index in [1.807, 2.05) is 24.3 Å². The summed E-state index contributed by atoms with van der Waals surface area (Å²) < 4.78 is 1.49. The minimum Gasteiger partial charge on any atom is -0.305 e. The number of nitrogens with one attached hydrogen (secondary N) is 2. The van der Waals surface area contributed by atoms with Crippen LogP contribution in [0.4, 0.5) is 5.82 Å². The lowest BCUT2D eigenvalue weighted by molar-refractivity contribution is 0.102. The van der Waals surface area contributed by atoms with Gasteiger partial charge < -0.3 is 5.32 Å². The molecule has 0 radical (unpaired) electrons. The quantitative estimate of drug-likeness (QED) is 0.575. The van der Waals surface area contributed by atoms with Gasteiger partial charge in [-0.2, -0.15) is 5.10 Å². The first-order valence-corrected chi connectivity index (χ1v) is 6.23. The molecule has 21 heavy (non-hydrogen) atoms. The molecule has 0 atom stereocenters. The molecule has 3 heterocycles. The normalized spacial score (nSPS) is 11.0. The fraction of sp³-hybridized carbons (Fsp3) is 0. The number of tetrazole rings is 1. The second-order valence-electron chi connectivity index (χ2n) is 4.47. The number of carbonyl (C=O) groups excluding carboxylic acids is 1. The number of aromatic amines is 1. The van der Waals surface area contributed by atoms with Crippen LogP contribution in [0.1, 0.15) is 10.4 Å². The third-order valence-corrected chi connectivity index (χ3v) is 3.16. The monoisotopic (exact) mass is 279 g/mol. The number of hydrogen-bond donors (Lipinski definition) is 2. The fourth-order valence-electron chi connectivity index (χ4n) is 2.12. The van der Waals surface area contributed by atoms with Crippen LogP contribution < -0.4 is 5.32 Å². The smallest absolute Gasteiger partial charge is 0.257 e. The first-order valence-electron chi connectivity index (χ1n) is 6.23. The summed E-state index contributed by atoms with van der Waals surface area (Å²) in [6, 6.07) is 10.8. The van der Waals surface area contributed by atoms with Crippen molar-refractivity contribution in [3.05, 3.63) is 48.2 Å². The highest BCUT2D eigenvalue weighted by molar-refractivity contribution is 6.08. The van der Waals surface area contributed by atoms with Crippen molar-refractivity contribution in [2.24, 2.45) is 0 Å². The van der Waals surface area contributed by atoms with E-state index >= 15 is 0 Å². The van der Waals surface area contributed by atoms with Crippen molar-refractivity contribution in [1.82, 2.24) is 30.2 Å². The summed E-state index contributed by atoms with van der Waals surface area (Å²) in [6.45, 7) is 0. The molecule has 0 aliphatic rings. The number of rotatable bonds is 2. The van der Waals surface area contributed by atoms with Gasteiger partial charge in [0.2, 0.25) is 0 Å². The van der Waals surface area contributed by atoms with Crippen LogP contribution in [0.2, 0.25) is 0 Å². The number of para-hydroxylation sites is 1. The molecule has 0 aliphatic carbocycles. The summed E-state index contributed by atoms with van der Waals surface area (Å²) in [5.41, 5.74) is 1.84. The third kappa shape index (κ3) is 1.89. The van der Waals surface area contributed by atoms with Crippen LogP contribution in [0.25, 0.3) is 16.6 Å². The van der Waals surface area contributed by atoms with E-state index in [2.05, 4.69) is 31.0 Å². The number of pyridine rings is 1. The van der Waals surface area contributed by atoms with Crippen molar-refractivity contribution >= 4 is 28.3 Å². The average molecular weight is 279 g/mol. The number of nitrogens with zero attached hydrogens (tertiary/aromatic N) is 5. The van der Waals surface area contributed by atoms with E-state index in [9.17, 15) is 4.79 Å². The molecule has 4 rings (SSSR count). The van der Waals surface area contributed by atoms with Gasteiger partial charge in [0, 0.05) is 17.1 Å².